The molecule has 0 amide bonds. The van der Waals surface area contributed by atoms with E-state index in [0.29, 0.717) is 18.1 Å². The highest BCUT2D eigenvalue weighted by molar-refractivity contribution is 5.76. The van der Waals surface area contributed by atoms with Gasteiger partial charge in [0.2, 0.25) is 0 Å². The average Bonchev–Trinajstić information content (AvgIpc) is 3.51. The van der Waals surface area contributed by atoms with Crippen molar-refractivity contribution < 1.29 is 14.6 Å². The summed E-state index contributed by atoms with van der Waals surface area (Å²) in [6, 6.07) is 28.2. The van der Waals surface area contributed by atoms with Crippen LogP contribution < -0.4 is 4.74 Å². The molecule has 2 unspecified atom stereocenters. The van der Waals surface area contributed by atoms with Crippen LogP contribution in [-0.2, 0) is 10.2 Å². The number of piperidine rings is 2. The van der Waals surface area contributed by atoms with Crippen molar-refractivity contribution in [3.63, 3.8) is 0 Å². The molecular formula is C37H44N4O3. The number of para-hydroxylation sites is 2. The number of aryl methyl sites for hydroxylation is 1. The Bertz CT molecular complexity index is 1580. The standard InChI is InChI=1S/C37H44N4O3/c1-26-38-33-10-6-7-11-34(33)41(26)31-24-29-14-15-30(25-31)40(29)23-20-37(28-8-4-3-5-9-28)18-21-39(22-19-37)35(36(42)43)27-12-16-32(44-2)17-13-27/h3-13,16-17,29-31,35H,14-15,18-25H2,1-2H3,(H,42,43)/t29-,30+,31?,35?. The van der Waals surface area contributed by atoms with Gasteiger partial charge in [0.05, 0.1) is 18.1 Å². The molecule has 3 aliphatic heterocycles. The molecule has 7 nitrogen and oxygen atoms in total. The second-order valence-electron chi connectivity index (χ2n) is 13.2. The summed E-state index contributed by atoms with van der Waals surface area (Å²) in [7, 11) is 1.63. The molecule has 0 radical (unpaired) electrons. The highest BCUT2D eigenvalue weighted by Crippen LogP contribution is 2.45. The van der Waals surface area contributed by atoms with Gasteiger partial charge in [0.15, 0.2) is 0 Å². The Kier molecular flexibility index (Phi) is 7.93. The predicted octanol–water partition coefficient (Wildman–Crippen LogP) is 6.77. The van der Waals surface area contributed by atoms with E-state index in [0.717, 1.165) is 61.6 Å². The Hall–Kier alpha value is -3.68. The summed E-state index contributed by atoms with van der Waals surface area (Å²) in [5.41, 5.74) is 4.64. The zero-order valence-electron chi connectivity index (χ0n) is 25.9. The largest absolute Gasteiger partial charge is 0.497 e. The number of carbonyl (C=O) groups is 1. The number of imidazole rings is 1. The minimum atomic E-state index is -0.789. The average molecular weight is 593 g/mol. The van der Waals surface area contributed by atoms with Gasteiger partial charge in [-0.2, -0.15) is 0 Å². The number of aromatic nitrogens is 2. The molecule has 0 aliphatic carbocycles. The molecule has 1 N–H and O–H groups in total. The first kappa shape index (κ1) is 29.1. The summed E-state index contributed by atoms with van der Waals surface area (Å²) in [6.07, 6.45) is 7.96. The van der Waals surface area contributed by atoms with Crippen LogP contribution in [-0.4, -0.2) is 69.3 Å². The summed E-state index contributed by atoms with van der Waals surface area (Å²) < 4.78 is 7.82. The van der Waals surface area contributed by atoms with Crippen LogP contribution in [0, 0.1) is 6.92 Å². The lowest BCUT2D eigenvalue weighted by Gasteiger charge is -2.46. The van der Waals surface area contributed by atoms with E-state index < -0.39 is 12.0 Å². The number of hydrogen-bond donors (Lipinski definition) is 1. The lowest BCUT2D eigenvalue weighted by molar-refractivity contribution is -0.144. The van der Waals surface area contributed by atoms with Gasteiger partial charge in [0.1, 0.15) is 17.6 Å². The minimum absolute atomic E-state index is 0.0498. The smallest absolute Gasteiger partial charge is 0.325 e. The Balaban J connectivity index is 1.07. The Labute approximate surface area is 260 Å². The summed E-state index contributed by atoms with van der Waals surface area (Å²) >= 11 is 0. The number of carboxylic acids is 1. The molecule has 1 aromatic heterocycles. The van der Waals surface area contributed by atoms with Crippen LogP contribution in [0.15, 0.2) is 78.9 Å². The fourth-order valence-electron chi connectivity index (χ4n) is 8.77. The van der Waals surface area contributed by atoms with Gasteiger partial charge >= 0.3 is 5.97 Å². The van der Waals surface area contributed by atoms with E-state index >= 15 is 0 Å². The number of likely N-dealkylation sites (tertiary alicyclic amines) is 1. The lowest BCUT2D eigenvalue weighted by Crippen LogP contribution is -2.49. The van der Waals surface area contributed by atoms with Crippen molar-refractivity contribution in [1.82, 2.24) is 19.4 Å². The molecule has 0 saturated carbocycles. The van der Waals surface area contributed by atoms with Crippen LogP contribution in [0.1, 0.15) is 74.0 Å². The van der Waals surface area contributed by atoms with E-state index in [1.165, 1.54) is 36.8 Å². The second-order valence-corrected chi connectivity index (χ2v) is 13.2. The highest BCUT2D eigenvalue weighted by atomic mass is 16.5. The molecule has 3 saturated heterocycles. The fourth-order valence-corrected chi connectivity index (χ4v) is 8.77. The molecule has 0 spiro atoms. The summed E-state index contributed by atoms with van der Waals surface area (Å²) in [5, 5.41) is 10.3. The summed E-state index contributed by atoms with van der Waals surface area (Å²) in [6.45, 7) is 4.79. The molecule has 7 heteroatoms. The minimum Gasteiger partial charge on any atom is -0.497 e. The van der Waals surface area contributed by atoms with E-state index in [1.54, 1.807) is 7.11 Å². The van der Waals surface area contributed by atoms with Gasteiger partial charge in [-0.05, 0) is 99.2 Å². The number of aliphatic carboxylic acids is 1. The van der Waals surface area contributed by atoms with E-state index in [2.05, 4.69) is 75.9 Å². The van der Waals surface area contributed by atoms with Crippen molar-refractivity contribution in [2.75, 3.05) is 26.7 Å². The zero-order chi connectivity index (χ0) is 30.3. The van der Waals surface area contributed by atoms with Gasteiger partial charge < -0.3 is 14.4 Å². The normalized spacial score (nSPS) is 24.4. The number of methoxy groups -OCH3 is 1. The molecule has 44 heavy (non-hydrogen) atoms. The number of ether oxygens (including phenoxy) is 1. The van der Waals surface area contributed by atoms with Crippen LogP contribution in [0.3, 0.4) is 0 Å². The maximum absolute atomic E-state index is 12.5. The van der Waals surface area contributed by atoms with Gasteiger partial charge in [-0.1, -0.05) is 54.6 Å². The number of carboxylic acid groups (broad SMARTS) is 1. The van der Waals surface area contributed by atoms with Crippen LogP contribution >= 0.6 is 0 Å². The van der Waals surface area contributed by atoms with Crippen molar-refractivity contribution in [3.05, 3.63) is 95.8 Å². The van der Waals surface area contributed by atoms with Crippen LogP contribution in [0.25, 0.3) is 11.0 Å². The molecule has 230 valence electrons. The van der Waals surface area contributed by atoms with Crippen molar-refractivity contribution >= 4 is 17.0 Å². The maximum Gasteiger partial charge on any atom is 0.325 e. The first-order chi connectivity index (χ1) is 21.5. The summed E-state index contributed by atoms with van der Waals surface area (Å²) in [5.74, 6) is 1.09. The molecule has 4 atom stereocenters. The third-order valence-electron chi connectivity index (χ3n) is 11.0. The Morgan fingerprint density at radius 3 is 2.25 bits per heavy atom. The van der Waals surface area contributed by atoms with Crippen LogP contribution in [0.4, 0.5) is 0 Å². The van der Waals surface area contributed by atoms with E-state index in [-0.39, 0.29) is 5.41 Å². The third-order valence-corrected chi connectivity index (χ3v) is 11.0. The predicted molar refractivity (Wildman–Crippen MR) is 173 cm³/mol. The third kappa shape index (κ3) is 5.30. The molecule has 3 aromatic carbocycles. The fraction of sp³-hybridized carbons (Fsp3) is 0.459. The number of fused-ring (bicyclic) bond motifs is 3. The Morgan fingerprint density at radius 2 is 1.59 bits per heavy atom. The van der Waals surface area contributed by atoms with E-state index in [4.69, 9.17) is 9.72 Å². The SMILES string of the molecule is COc1ccc(C(C(=O)O)N2CCC(CCN3[C@@H]4CC[C@H]3CC(n3c(C)nc5ccccc53)C4)(c3ccccc3)CC2)cc1. The van der Waals surface area contributed by atoms with Crippen molar-refractivity contribution in [2.45, 2.75) is 81.5 Å². The molecule has 2 bridgehead atoms. The quantitative estimate of drug-likeness (QED) is 0.231. The first-order valence-corrected chi connectivity index (χ1v) is 16.3. The summed E-state index contributed by atoms with van der Waals surface area (Å²) in [4.78, 5) is 22.4. The number of nitrogens with zero attached hydrogens (tertiary/aromatic N) is 4. The van der Waals surface area contributed by atoms with Gasteiger partial charge in [0, 0.05) is 31.2 Å². The van der Waals surface area contributed by atoms with Gasteiger partial charge in [0.25, 0.3) is 0 Å². The molecule has 3 aliphatic rings. The van der Waals surface area contributed by atoms with E-state index in [9.17, 15) is 9.90 Å². The van der Waals surface area contributed by atoms with Crippen molar-refractivity contribution in [3.8, 4) is 5.75 Å². The second kappa shape index (κ2) is 12.0. The van der Waals surface area contributed by atoms with Crippen molar-refractivity contribution in [2.24, 2.45) is 0 Å². The monoisotopic (exact) mass is 592 g/mol. The van der Waals surface area contributed by atoms with Gasteiger partial charge in [-0.25, -0.2) is 4.98 Å². The zero-order valence-corrected chi connectivity index (χ0v) is 25.9. The van der Waals surface area contributed by atoms with E-state index in [1.807, 2.05) is 24.3 Å². The van der Waals surface area contributed by atoms with Crippen LogP contribution in [0.2, 0.25) is 0 Å². The molecular weight excluding hydrogens is 548 g/mol. The number of benzene rings is 3. The maximum atomic E-state index is 12.5. The molecule has 7 rings (SSSR count). The van der Waals surface area contributed by atoms with Gasteiger partial charge in [-0.3, -0.25) is 14.6 Å². The van der Waals surface area contributed by atoms with Crippen LogP contribution in [0.5, 0.6) is 5.75 Å². The molecule has 4 aromatic rings. The number of hydrogen-bond acceptors (Lipinski definition) is 5. The molecule has 4 heterocycles. The lowest BCUT2D eigenvalue weighted by atomic mass is 9.70. The van der Waals surface area contributed by atoms with Gasteiger partial charge in [-0.15, -0.1) is 0 Å². The first-order valence-electron chi connectivity index (χ1n) is 16.3. The highest BCUT2D eigenvalue weighted by Gasteiger charge is 2.44. The number of rotatable bonds is 9. The van der Waals surface area contributed by atoms with Crippen molar-refractivity contribution in [1.29, 1.82) is 0 Å². The molecule has 3 fully saturated rings. The Morgan fingerprint density at radius 1 is 0.932 bits per heavy atom. The topological polar surface area (TPSA) is 70.8 Å².